The molecular weight excluding hydrogens is 316 g/mol. The van der Waals surface area contributed by atoms with Crippen molar-refractivity contribution >= 4 is 32.8 Å². The maximum absolute atomic E-state index is 6.11. The molecule has 2 aromatic heterocycles. The fourth-order valence-corrected chi connectivity index (χ4v) is 2.68. The van der Waals surface area contributed by atoms with Crippen LogP contribution in [0.1, 0.15) is 13.3 Å². The fourth-order valence-electron chi connectivity index (χ4n) is 2.32. The normalized spacial score (nSPS) is 11.1. The number of nitrogens with two attached hydrogens (primary N) is 1. The number of aromatic nitrogens is 3. The van der Waals surface area contributed by atoms with Gasteiger partial charge in [-0.2, -0.15) is 0 Å². The number of aryl methyl sites for hydroxylation is 1. The first kappa shape index (κ1) is 13.1. The number of hydrogen-bond donors (Lipinski definition) is 1. The predicted octanol–water partition coefficient (Wildman–Crippen LogP) is 3.85. The Hall–Kier alpha value is -1.88. The monoisotopic (exact) mass is 330 g/mol. The van der Waals surface area contributed by atoms with Crippen LogP contribution in [0.15, 0.2) is 41.0 Å². The minimum atomic E-state index is 0.723. The first-order valence-electron chi connectivity index (χ1n) is 6.57. The van der Waals surface area contributed by atoms with E-state index in [4.69, 9.17) is 10.7 Å². The zero-order valence-electron chi connectivity index (χ0n) is 11.2. The smallest absolute Gasteiger partial charge is 0.160 e. The van der Waals surface area contributed by atoms with Crippen LogP contribution in [0.4, 0.5) is 5.69 Å². The molecule has 3 rings (SSSR count). The largest absolute Gasteiger partial charge is 0.398 e. The number of hydrogen-bond acceptors (Lipinski definition) is 3. The van der Waals surface area contributed by atoms with Gasteiger partial charge in [-0.25, -0.2) is 9.97 Å². The van der Waals surface area contributed by atoms with Crippen molar-refractivity contribution in [2.24, 2.45) is 0 Å². The minimum absolute atomic E-state index is 0.723. The van der Waals surface area contributed by atoms with E-state index in [1.807, 2.05) is 30.3 Å². The Labute approximate surface area is 125 Å². The summed E-state index contributed by atoms with van der Waals surface area (Å²) in [6, 6.07) is 9.71. The fraction of sp³-hybridized carbons (Fsp3) is 0.200. The Morgan fingerprint density at radius 3 is 2.95 bits per heavy atom. The second-order valence-electron chi connectivity index (χ2n) is 4.66. The average Bonchev–Trinajstić information content (AvgIpc) is 2.81. The molecule has 0 saturated carbocycles. The van der Waals surface area contributed by atoms with Crippen LogP contribution >= 0.6 is 15.9 Å². The van der Waals surface area contributed by atoms with E-state index >= 15 is 0 Å². The molecular formula is C15H15BrN4. The number of nitrogens with zero attached hydrogens (tertiary/aromatic N) is 3. The minimum Gasteiger partial charge on any atom is -0.398 e. The van der Waals surface area contributed by atoms with Gasteiger partial charge in [-0.15, -0.1) is 0 Å². The molecule has 0 aliphatic heterocycles. The van der Waals surface area contributed by atoms with Crippen LogP contribution in [-0.4, -0.2) is 14.5 Å². The van der Waals surface area contributed by atoms with Gasteiger partial charge in [0.05, 0.1) is 0 Å². The lowest BCUT2D eigenvalue weighted by Crippen LogP contribution is -2.02. The number of halogens is 1. The molecule has 0 aliphatic rings. The Morgan fingerprint density at radius 2 is 2.15 bits per heavy atom. The van der Waals surface area contributed by atoms with Crippen molar-refractivity contribution in [3.63, 3.8) is 0 Å². The maximum atomic E-state index is 6.11. The van der Waals surface area contributed by atoms with Gasteiger partial charge in [0.2, 0.25) is 0 Å². The van der Waals surface area contributed by atoms with E-state index in [1.54, 1.807) is 6.20 Å². The summed E-state index contributed by atoms with van der Waals surface area (Å²) < 4.78 is 3.12. The summed E-state index contributed by atoms with van der Waals surface area (Å²) in [5, 5.41) is 0. The third-order valence-electron chi connectivity index (χ3n) is 3.21. The van der Waals surface area contributed by atoms with Crippen molar-refractivity contribution in [3.8, 4) is 11.4 Å². The molecule has 0 spiro atoms. The molecule has 5 heteroatoms. The SMILES string of the molecule is CCCn1c(-c2cc(Br)ccc2N)nc2cccnc21. The first-order valence-corrected chi connectivity index (χ1v) is 7.36. The molecule has 0 bridgehead atoms. The van der Waals surface area contributed by atoms with Gasteiger partial charge in [-0.1, -0.05) is 22.9 Å². The molecule has 0 atom stereocenters. The Kier molecular flexibility index (Phi) is 3.44. The number of benzene rings is 1. The van der Waals surface area contributed by atoms with Crippen LogP contribution in [0, 0.1) is 0 Å². The van der Waals surface area contributed by atoms with E-state index in [0.717, 1.165) is 45.7 Å². The zero-order valence-corrected chi connectivity index (χ0v) is 12.8. The zero-order chi connectivity index (χ0) is 14.1. The van der Waals surface area contributed by atoms with Gasteiger partial charge in [0.25, 0.3) is 0 Å². The Bertz CT molecular complexity index is 764. The van der Waals surface area contributed by atoms with Gasteiger partial charge in [0.1, 0.15) is 11.3 Å². The van der Waals surface area contributed by atoms with Crippen molar-refractivity contribution in [1.29, 1.82) is 0 Å². The Morgan fingerprint density at radius 1 is 1.30 bits per heavy atom. The summed E-state index contributed by atoms with van der Waals surface area (Å²) in [6.45, 7) is 3.01. The van der Waals surface area contributed by atoms with E-state index in [1.165, 1.54) is 0 Å². The van der Waals surface area contributed by atoms with E-state index in [2.05, 4.69) is 32.4 Å². The molecule has 0 amide bonds. The van der Waals surface area contributed by atoms with Crippen LogP contribution in [-0.2, 0) is 6.54 Å². The van der Waals surface area contributed by atoms with E-state index in [0.29, 0.717) is 0 Å². The molecule has 1 aromatic carbocycles. The van der Waals surface area contributed by atoms with Gasteiger partial charge < -0.3 is 10.3 Å². The van der Waals surface area contributed by atoms with Crippen molar-refractivity contribution in [2.75, 3.05) is 5.73 Å². The number of imidazole rings is 1. The second-order valence-corrected chi connectivity index (χ2v) is 5.58. The van der Waals surface area contributed by atoms with E-state index < -0.39 is 0 Å². The van der Waals surface area contributed by atoms with Gasteiger partial charge in [0, 0.05) is 28.5 Å². The summed E-state index contributed by atoms with van der Waals surface area (Å²) in [4.78, 5) is 9.15. The molecule has 102 valence electrons. The average molecular weight is 331 g/mol. The van der Waals surface area contributed by atoms with Crippen LogP contribution in [0.5, 0.6) is 0 Å². The Balaban J connectivity index is 2.29. The van der Waals surface area contributed by atoms with E-state index in [9.17, 15) is 0 Å². The lowest BCUT2D eigenvalue weighted by atomic mass is 10.1. The molecule has 0 unspecified atom stereocenters. The summed E-state index contributed by atoms with van der Waals surface area (Å²) in [6.07, 6.45) is 2.81. The van der Waals surface area contributed by atoms with Crippen molar-refractivity contribution < 1.29 is 0 Å². The summed E-state index contributed by atoms with van der Waals surface area (Å²) >= 11 is 3.49. The summed E-state index contributed by atoms with van der Waals surface area (Å²) in [5.41, 5.74) is 9.58. The second kappa shape index (κ2) is 5.25. The molecule has 2 heterocycles. The number of pyridine rings is 1. The summed E-state index contributed by atoms with van der Waals surface area (Å²) in [7, 11) is 0. The van der Waals surface area contributed by atoms with Crippen molar-refractivity contribution in [3.05, 3.63) is 41.0 Å². The molecule has 3 aromatic rings. The lowest BCUT2D eigenvalue weighted by molar-refractivity contribution is 0.698. The highest BCUT2D eigenvalue weighted by Gasteiger charge is 2.15. The number of rotatable bonds is 3. The van der Waals surface area contributed by atoms with Gasteiger partial charge >= 0.3 is 0 Å². The molecule has 0 saturated heterocycles. The van der Waals surface area contributed by atoms with Gasteiger partial charge in [-0.3, -0.25) is 0 Å². The summed E-state index contributed by atoms with van der Waals surface area (Å²) in [5.74, 6) is 0.874. The number of anilines is 1. The van der Waals surface area contributed by atoms with E-state index in [-0.39, 0.29) is 0 Å². The molecule has 2 N–H and O–H groups in total. The molecule has 20 heavy (non-hydrogen) atoms. The van der Waals surface area contributed by atoms with Crippen LogP contribution in [0.3, 0.4) is 0 Å². The van der Waals surface area contributed by atoms with Crippen LogP contribution < -0.4 is 5.73 Å². The molecule has 4 nitrogen and oxygen atoms in total. The molecule has 0 radical (unpaired) electrons. The third-order valence-corrected chi connectivity index (χ3v) is 3.70. The molecule has 0 fully saturated rings. The van der Waals surface area contributed by atoms with Gasteiger partial charge in [-0.05, 0) is 36.8 Å². The molecule has 0 aliphatic carbocycles. The first-order chi connectivity index (χ1) is 9.70. The lowest BCUT2D eigenvalue weighted by Gasteiger charge is -2.09. The topological polar surface area (TPSA) is 56.7 Å². The third kappa shape index (κ3) is 2.18. The van der Waals surface area contributed by atoms with Crippen molar-refractivity contribution in [2.45, 2.75) is 19.9 Å². The number of fused-ring (bicyclic) bond motifs is 1. The van der Waals surface area contributed by atoms with Crippen molar-refractivity contribution in [1.82, 2.24) is 14.5 Å². The maximum Gasteiger partial charge on any atom is 0.160 e. The van der Waals surface area contributed by atoms with Crippen LogP contribution in [0.2, 0.25) is 0 Å². The standard InChI is InChI=1S/C15H15BrN4/c1-2-8-20-14(11-9-10(16)5-6-12(11)17)19-13-4-3-7-18-15(13)20/h3-7,9H,2,8,17H2,1H3. The van der Waals surface area contributed by atoms with Gasteiger partial charge in [0.15, 0.2) is 5.65 Å². The highest BCUT2D eigenvalue weighted by Crippen LogP contribution is 2.30. The number of nitrogen functional groups attached to an aromatic ring is 1. The van der Waals surface area contributed by atoms with Crippen LogP contribution in [0.25, 0.3) is 22.6 Å². The highest BCUT2D eigenvalue weighted by molar-refractivity contribution is 9.10. The highest BCUT2D eigenvalue weighted by atomic mass is 79.9. The predicted molar refractivity (Wildman–Crippen MR) is 85.4 cm³/mol. The quantitative estimate of drug-likeness (QED) is 0.742.